The zero-order valence-electron chi connectivity index (χ0n) is 19.5. The molecule has 1 spiro atoms. The fourth-order valence-corrected chi connectivity index (χ4v) is 9.52. The van der Waals surface area contributed by atoms with E-state index in [-0.39, 0.29) is 0 Å². The fourth-order valence-electron chi connectivity index (χ4n) is 9.52. The number of rotatable bonds is 5. The van der Waals surface area contributed by atoms with E-state index in [4.69, 9.17) is 4.84 Å². The lowest BCUT2D eigenvalue weighted by Gasteiger charge is -2.61. The number of nitrogens with zero attached hydrogens (tertiary/aromatic N) is 1. The molecule has 0 aromatic rings. The van der Waals surface area contributed by atoms with Crippen molar-refractivity contribution in [3.63, 3.8) is 0 Å². The summed E-state index contributed by atoms with van der Waals surface area (Å²) in [6, 6.07) is 0. The first kappa shape index (κ1) is 20.4. The Morgan fingerprint density at radius 3 is 2.62 bits per heavy atom. The van der Waals surface area contributed by atoms with E-state index in [1.54, 1.807) is 0 Å². The van der Waals surface area contributed by atoms with Crippen LogP contribution in [0.1, 0.15) is 105 Å². The molecule has 5 aliphatic rings. The van der Waals surface area contributed by atoms with Crippen molar-refractivity contribution in [2.45, 2.75) is 111 Å². The molecule has 29 heavy (non-hydrogen) atoms. The second-order valence-electron chi connectivity index (χ2n) is 12.5. The van der Waals surface area contributed by atoms with Crippen LogP contribution in [0.25, 0.3) is 0 Å². The quantitative estimate of drug-likeness (QED) is 0.470. The van der Waals surface area contributed by atoms with Gasteiger partial charge in [-0.25, -0.2) is 0 Å². The minimum Gasteiger partial charge on any atom is -0.393 e. The van der Waals surface area contributed by atoms with Gasteiger partial charge < -0.3 is 4.84 Å². The Bertz CT molecular complexity index is 628. The second kappa shape index (κ2) is 7.56. The minimum absolute atomic E-state index is 0.395. The summed E-state index contributed by atoms with van der Waals surface area (Å²) in [4.78, 5) is 5.75. The number of oxime groups is 1. The van der Waals surface area contributed by atoms with Gasteiger partial charge in [-0.3, -0.25) is 0 Å². The molecular weight excluding hydrogens is 354 g/mol. The summed E-state index contributed by atoms with van der Waals surface area (Å²) in [5.74, 6) is 6.47. The molecule has 2 bridgehead atoms. The van der Waals surface area contributed by atoms with Crippen LogP contribution < -0.4 is 0 Å². The SMILES string of the molecule is CC(C)CCC[C@H](C)[C@@H]1CC[C@@H]2[C@@H]3CC[C@H]4CC[C@H]5C[C@@]4(C=NO5)[C@H]3CC[C@@]21C. The molecule has 2 nitrogen and oxygen atoms in total. The lowest BCUT2D eigenvalue weighted by Crippen LogP contribution is -2.57. The first-order chi connectivity index (χ1) is 13.9. The second-order valence-corrected chi connectivity index (χ2v) is 12.5. The van der Waals surface area contributed by atoms with Crippen molar-refractivity contribution in [2.24, 2.45) is 57.4 Å². The van der Waals surface area contributed by atoms with E-state index in [1.165, 1.54) is 77.0 Å². The van der Waals surface area contributed by atoms with Gasteiger partial charge >= 0.3 is 0 Å². The highest BCUT2D eigenvalue weighted by Gasteiger charge is 2.62. The number of hydrogen-bond donors (Lipinski definition) is 0. The molecule has 0 unspecified atom stereocenters. The van der Waals surface area contributed by atoms with Gasteiger partial charge in [-0.05, 0) is 105 Å². The largest absolute Gasteiger partial charge is 0.393 e. The zero-order valence-corrected chi connectivity index (χ0v) is 19.5. The monoisotopic (exact) mass is 399 g/mol. The molecule has 0 aromatic heterocycles. The van der Waals surface area contributed by atoms with Crippen molar-refractivity contribution in [3.05, 3.63) is 0 Å². The Morgan fingerprint density at radius 1 is 0.966 bits per heavy atom. The molecule has 0 N–H and O–H groups in total. The molecular formula is C27H45NO. The summed E-state index contributed by atoms with van der Waals surface area (Å²) in [7, 11) is 0. The third kappa shape index (κ3) is 3.21. The summed E-state index contributed by atoms with van der Waals surface area (Å²) >= 11 is 0. The van der Waals surface area contributed by atoms with Gasteiger partial charge in [0, 0.05) is 5.41 Å². The van der Waals surface area contributed by atoms with Gasteiger partial charge in [-0.1, -0.05) is 52.1 Å². The normalized spacial score (nSPS) is 49.1. The maximum Gasteiger partial charge on any atom is 0.128 e. The van der Waals surface area contributed by atoms with E-state index in [1.807, 2.05) is 0 Å². The minimum atomic E-state index is 0.395. The average molecular weight is 400 g/mol. The lowest BCUT2D eigenvalue weighted by atomic mass is 9.44. The van der Waals surface area contributed by atoms with Gasteiger partial charge in [0.05, 0.1) is 6.21 Å². The molecule has 4 aliphatic carbocycles. The summed E-state index contributed by atoms with van der Waals surface area (Å²) in [6.07, 6.45) is 19.9. The predicted octanol–water partition coefficient (Wildman–Crippen LogP) is 7.47. The standard InChI is InChI=1S/C27H45NO/c1-18(2)6-5-7-19(3)23-12-13-24-22-11-9-20-8-10-21-16-27(20,17-28-29-21)25(22)14-15-26(23,24)4/h17-25H,5-16H2,1-4H3/t19-,20+,21-,22-,23-,24+,25-,26+,27-/m0/s1. The molecule has 9 atom stereocenters. The van der Waals surface area contributed by atoms with E-state index >= 15 is 0 Å². The summed E-state index contributed by atoms with van der Waals surface area (Å²) in [6.45, 7) is 10.1. The molecule has 0 saturated heterocycles. The van der Waals surface area contributed by atoms with Crippen molar-refractivity contribution in [1.82, 2.24) is 0 Å². The van der Waals surface area contributed by atoms with E-state index in [9.17, 15) is 0 Å². The summed E-state index contributed by atoms with van der Waals surface area (Å²) < 4.78 is 0. The molecule has 2 heteroatoms. The zero-order chi connectivity index (χ0) is 20.2. The predicted molar refractivity (Wildman–Crippen MR) is 121 cm³/mol. The summed E-state index contributed by atoms with van der Waals surface area (Å²) in [5.41, 5.74) is 1.00. The Labute approximate surface area is 179 Å². The van der Waals surface area contributed by atoms with Gasteiger partial charge in [0.15, 0.2) is 0 Å². The van der Waals surface area contributed by atoms with Crippen LogP contribution in [0.5, 0.6) is 0 Å². The van der Waals surface area contributed by atoms with Gasteiger partial charge in [-0.15, -0.1) is 0 Å². The van der Waals surface area contributed by atoms with Crippen LogP contribution in [0.3, 0.4) is 0 Å². The third-order valence-corrected chi connectivity index (χ3v) is 10.9. The first-order valence-electron chi connectivity index (χ1n) is 13.1. The van der Waals surface area contributed by atoms with Gasteiger partial charge in [-0.2, -0.15) is 0 Å². The smallest absolute Gasteiger partial charge is 0.128 e. The average Bonchev–Trinajstić information content (AvgIpc) is 3.04. The van der Waals surface area contributed by atoms with Crippen molar-refractivity contribution in [2.75, 3.05) is 0 Å². The molecule has 4 fully saturated rings. The van der Waals surface area contributed by atoms with Crippen molar-refractivity contribution < 1.29 is 4.84 Å². The molecule has 4 saturated carbocycles. The van der Waals surface area contributed by atoms with Crippen molar-refractivity contribution in [1.29, 1.82) is 0 Å². The van der Waals surface area contributed by atoms with Crippen LogP contribution in [0, 0.1) is 52.3 Å². The Morgan fingerprint density at radius 2 is 1.79 bits per heavy atom. The molecule has 1 aliphatic heterocycles. The third-order valence-electron chi connectivity index (χ3n) is 10.9. The maximum absolute atomic E-state index is 5.75. The highest BCUT2D eigenvalue weighted by atomic mass is 16.6. The molecule has 1 heterocycles. The highest BCUT2D eigenvalue weighted by Crippen LogP contribution is 2.68. The van der Waals surface area contributed by atoms with Gasteiger partial charge in [0.25, 0.3) is 0 Å². The molecule has 0 amide bonds. The van der Waals surface area contributed by atoms with Crippen molar-refractivity contribution >= 4 is 6.21 Å². The Hall–Kier alpha value is -0.530. The van der Waals surface area contributed by atoms with Crippen LogP contribution in [0.4, 0.5) is 0 Å². The van der Waals surface area contributed by atoms with Crippen LogP contribution in [-0.4, -0.2) is 12.3 Å². The van der Waals surface area contributed by atoms with E-state index in [2.05, 4.69) is 39.1 Å². The van der Waals surface area contributed by atoms with Gasteiger partial charge in [0.1, 0.15) is 6.10 Å². The lowest BCUT2D eigenvalue weighted by molar-refractivity contribution is -0.129. The Kier molecular flexibility index (Phi) is 5.31. The molecule has 0 aromatic carbocycles. The van der Waals surface area contributed by atoms with Crippen LogP contribution in [0.15, 0.2) is 5.16 Å². The number of fused-ring (bicyclic) bond motifs is 4. The van der Waals surface area contributed by atoms with E-state index < -0.39 is 0 Å². The highest BCUT2D eigenvalue weighted by molar-refractivity contribution is 5.68. The maximum atomic E-state index is 5.75. The Balaban J connectivity index is 1.33. The molecule has 0 radical (unpaired) electrons. The first-order valence-corrected chi connectivity index (χ1v) is 13.1. The topological polar surface area (TPSA) is 21.6 Å². The van der Waals surface area contributed by atoms with Crippen molar-refractivity contribution in [3.8, 4) is 0 Å². The van der Waals surface area contributed by atoms with Crippen LogP contribution >= 0.6 is 0 Å². The molecule has 5 rings (SSSR count). The van der Waals surface area contributed by atoms with Crippen LogP contribution in [-0.2, 0) is 4.84 Å². The summed E-state index contributed by atoms with van der Waals surface area (Å²) in [5, 5.41) is 4.50. The van der Waals surface area contributed by atoms with E-state index in [0.717, 1.165) is 41.4 Å². The van der Waals surface area contributed by atoms with Gasteiger partial charge in [0.2, 0.25) is 0 Å². The van der Waals surface area contributed by atoms with Crippen LogP contribution in [0.2, 0.25) is 0 Å². The molecule has 164 valence electrons. The number of hydrogen-bond acceptors (Lipinski definition) is 2. The fraction of sp³-hybridized carbons (Fsp3) is 0.963. The van der Waals surface area contributed by atoms with E-state index in [0.29, 0.717) is 16.9 Å².